The van der Waals surface area contributed by atoms with Gasteiger partial charge in [-0.3, -0.25) is 0 Å². The van der Waals surface area contributed by atoms with Crippen molar-refractivity contribution in [2.75, 3.05) is 19.8 Å². The molecule has 0 amide bonds. The minimum absolute atomic E-state index is 0.0737. The number of carbonyl (C=O) groups excluding carboxylic acids is 3. The standard InChI is InChI=1S/C12H18F2O6S.C11H16F2O7S.C11H16F2O6S2.3C4H10O/c1-7(12(13,14)21(16,17)18)20-11(15)6-19-10-5-8-2-3-9(10)4-8;1-6(11(12,13)21(15,16)17)19-10(14)5-18-9-4-7-2-3-8(9)20-7;1-6(11(12,13)21(15,16)17)19-10(14)5-18-8-4-7-2-3-9(8)20-7;3*1-4(2,3)5/h7-10H,2-6H2,1H3,(H,16,17,18);2*6-9H,2-5H2,1H3,(H,15,16,17);3*5H,1-3H3/p-3. The Hall–Kier alpha value is -2.21. The van der Waals surface area contributed by atoms with Crippen molar-refractivity contribution >= 4 is 60.0 Å². The maximum absolute atomic E-state index is 13.1. The fraction of sp³-hybridized carbons (Fsp3) is 0.935. The van der Waals surface area contributed by atoms with E-state index in [9.17, 15) is 79.6 Å². The first-order chi connectivity index (χ1) is 34.8. The summed E-state index contributed by atoms with van der Waals surface area (Å²) < 4.78 is 206. The molecule has 4 aliphatic heterocycles. The van der Waals surface area contributed by atoms with Crippen LogP contribution in [0.4, 0.5) is 26.3 Å². The van der Waals surface area contributed by atoms with Crippen LogP contribution >= 0.6 is 11.8 Å². The van der Waals surface area contributed by atoms with Crippen LogP contribution in [0.5, 0.6) is 0 Å². The highest BCUT2D eigenvalue weighted by Gasteiger charge is 2.50. The number of ether oxygens (including phenoxy) is 7. The van der Waals surface area contributed by atoms with Gasteiger partial charge >= 0.3 is 33.7 Å². The molecule has 12 atom stereocenters. The van der Waals surface area contributed by atoms with Gasteiger partial charge in [0, 0.05) is 16.9 Å². The van der Waals surface area contributed by atoms with Crippen molar-refractivity contribution in [3.63, 3.8) is 0 Å². The van der Waals surface area contributed by atoms with Crippen LogP contribution in [0.3, 0.4) is 0 Å². The number of thioether (sulfide) groups is 1. The molecule has 6 bridgehead atoms. The maximum Gasteiger partial charge on any atom is 0.370 e. The van der Waals surface area contributed by atoms with Gasteiger partial charge in [0.2, 0.25) is 0 Å². The van der Waals surface area contributed by atoms with Crippen LogP contribution < -0.4 is 0 Å². The molecule has 12 unspecified atom stereocenters. The average Bonchev–Trinajstić information content (AvgIpc) is 4.12. The van der Waals surface area contributed by atoms with Crippen molar-refractivity contribution in [1.82, 2.24) is 0 Å². The Morgan fingerprint density at radius 2 is 0.885 bits per heavy atom. The zero-order chi connectivity index (χ0) is 61.0. The molecule has 6 fully saturated rings. The van der Waals surface area contributed by atoms with Crippen molar-refractivity contribution in [2.45, 2.75) is 239 Å². The summed E-state index contributed by atoms with van der Waals surface area (Å²) in [6.07, 6.45) is 1.80. The molecule has 78 heavy (non-hydrogen) atoms. The van der Waals surface area contributed by atoms with E-state index in [-0.39, 0.29) is 30.5 Å². The van der Waals surface area contributed by atoms with Crippen molar-refractivity contribution < 1.29 is 128 Å². The maximum atomic E-state index is 13.1. The number of esters is 3. The molecule has 0 radical (unpaired) electrons. The zero-order valence-corrected chi connectivity index (χ0v) is 48.9. The van der Waals surface area contributed by atoms with E-state index >= 15 is 0 Å². The van der Waals surface area contributed by atoms with Gasteiger partial charge in [-0.05, 0) is 153 Å². The lowest BCUT2D eigenvalue weighted by Crippen LogP contribution is -2.42. The normalized spacial score (nSPS) is 26.8. The molecule has 0 aromatic rings. The highest BCUT2D eigenvalue weighted by molar-refractivity contribution is 8.01. The molecule has 462 valence electrons. The van der Waals surface area contributed by atoms with Gasteiger partial charge in [0.15, 0.2) is 48.7 Å². The Labute approximate surface area is 457 Å². The molecule has 2 aliphatic carbocycles. The van der Waals surface area contributed by atoms with Crippen molar-refractivity contribution in [1.29, 1.82) is 0 Å². The van der Waals surface area contributed by atoms with E-state index in [0.717, 1.165) is 57.8 Å². The minimum atomic E-state index is -5.91. The molecular weight excluding hydrogens is 1150 g/mol. The quantitative estimate of drug-likeness (QED) is 0.0696. The predicted octanol–water partition coefficient (Wildman–Crippen LogP) is 5.09. The van der Waals surface area contributed by atoms with E-state index in [1.54, 1.807) is 74.1 Å². The van der Waals surface area contributed by atoms with E-state index < -0.39 is 119 Å². The summed E-state index contributed by atoms with van der Waals surface area (Å²) in [7, 11) is -17.7. The molecule has 4 saturated heterocycles. The molecule has 6 rings (SSSR count). The fourth-order valence-electron chi connectivity index (χ4n) is 7.96. The summed E-state index contributed by atoms with van der Waals surface area (Å²) >= 11 is 1.80. The van der Waals surface area contributed by atoms with Crippen molar-refractivity contribution in [2.24, 2.45) is 11.8 Å². The first kappa shape index (κ1) is 73.8. The average molecular weight is 1220 g/mol. The SMILES string of the molecule is CC(C)(C)O.CC(C)(C)O.CC(C)(C)O.CC(OC(=O)COC1CC2CCC1C2)C(F)(F)S(=O)(=O)[O-].CC(OC(=O)COC1CC2CCC1O2)C(F)(F)S(=O)(=O)[O-].CC(OC(=O)COC1CC2CCC1S2)C(F)(F)S(=O)(=O)[O-]. The van der Waals surface area contributed by atoms with Crippen LogP contribution in [-0.2, 0) is 77.9 Å². The third-order valence-corrected chi connectivity index (χ3v) is 16.1. The third-order valence-electron chi connectivity index (χ3n) is 11.4. The molecule has 0 aromatic heterocycles. The summed E-state index contributed by atoms with van der Waals surface area (Å²) in [5.74, 6) is -2.38. The Kier molecular flexibility index (Phi) is 27.8. The Balaban J connectivity index is 0.000000516. The van der Waals surface area contributed by atoms with E-state index in [0.29, 0.717) is 49.5 Å². The van der Waals surface area contributed by atoms with E-state index in [2.05, 4.69) is 14.2 Å². The Bertz CT molecular complexity index is 1990. The highest BCUT2D eigenvalue weighted by atomic mass is 32.2. The van der Waals surface area contributed by atoms with Crippen LogP contribution in [0.15, 0.2) is 0 Å². The fourth-order valence-corrected chi connectivity index (χ4v) is 11.0. The van der Waals surface area contributed by atoms with Gasteiger partial charge in [-0.25, -0.2) is 39.6 Å². The van der Waals surface area contributed by atoms with Gasteiger partial charge in [0.25, 0.3) is 0 Å². The van der Waals surface area contributed by atoms with Gasteiger partial charge in [0.1, 0.15) is 19.8 Å². The molecule has 6 aliphatic rings. The summed E-state index contributed by atoms with van der Waals surface area (Å²) in [5, 5.41) is 12.4. The summed E-state index contributed by atoms with van der Waals surface area (Å²) in [6, 6.07) is 0. The molecule has 0 aromatic carbocycles. The molecule has 32 heteroatoms. The van der Waals surface area contributed by atoms with Gasteiger partial charge in [0.05, 0.1) is 47.3 Å². The van der Waals surface area contributed by atoms with E-state index in [4.69, 9.17) is 34.3 Å². The lowest BCUT2D eigenvalue weighted by molar-refractivity contribution is -0.168. The summed E-state index contributed by atoms with van der Waals surface area (Å²) in [4.78, 5) is 34.2. The van der Waals surface area contributed by atoms with E-state index in [1.165, 1.54) is 0 Å². The molecular formula is C46H77F6O22S4-3. The smallest absolute Gasteiger partial charge is 0.370 e. The van der Waals surface area contributed by atoms with Crippen LogP contribution in [0.1, 0.15) is 147 Å². The van der Waals surface area contributed by atoms with Crippen LogP contribution in [0, 0.1) is 11.8 Å². The second-order valence-corrected chi connectivity index (χ2v) is 28.3. The van der Waals surface area contributed by atoms with Crippen LogP contribution in [0.2, 0.25) is 0 Å². The molecule has 4 heterocycles. The van der Waals surface area contributed by atoms with Gasteiger partial charge in [-0.2, -0.15) is 38.1 Å². The molecule has 3 N–H and O–H groups in total. The number of carbonyl (C=O) groups is 3. The van der Waals surface area contributed by atoms with Crippen molar-refractivity contribution in [3.8, 4) is 0 Å². The first-order valence-corrected chi connectivity index (χ1v) is 29.9. The minimum Gasteiger partial charge on any atom is -0.743 e. The summed E-state index contributed by atoms with van der Waals surface area (Å²) in [5.41, 5.74) is -1.50. The van der Waals surface area contributed by atoms with E-state index in [1.807, 2.05) is 0 Å². The number of hydrogen-bond acceptors (Lipinski definition) is 23. The summed E-state index contributed by atoms with van der Waals surface area (Å²) in [6.45, 7) is 16.0. The van der Waals surface area contributed by atoms with Crippen molar-refractivity contribution in [3.05, 3.63) is 0 Å². The molecule has 22 nitrogen and oxygen atoms in total. The Morgan fingerprint density at radius 1 is 0.526 bits per heavy atom. The third kappa shape index (κ3) is 26.8. The monoisotopic (exact) mass is 1220 g/mol. The van der Waals surface area contributed by atoms with Gasteiger partial charge in [-0.1, -0.05) is 0 Å². The number of alkyl halides is 6. The second-order valence-electron chi connectivity index (χ2n) is 22.4. The molecule has 2 saturated carbocycles. The van der Waals surface area contributed by atoms with Gasteiger partial charge < -0.3 is 62.1 Å². The number of aliphatic hydroxyl groups is 3. The molecule has 0 spiro atoms. The number of rotatable bonds is 18. The predicted molar refractivity (Wildman–Crippen MR) is 263 cm³/mol. The lowest BCUT2D eigenvalue weighted by Gasteiger charge is -2.26. The lowest BCUT2D eigenvalue weighted by atomic mass is 9.98. The van der Waals surface area contributed by atoms with Gasteiger partial charge in [-0.15, -0.1) is 0 Å². The Morgan fingerprint density at radius 3 is 1.14 bits per heavy atom. The van der Waals surface area contributed by atoms with Crippen LogP contribution in [0.25, 0.3) is 0 Å². The second kappa shape index (κ2) is 29.4. The number of fused-ring (bicyclic) bond motifs is 6. The largest absolute Gasteiger partial charge is 0.743 e. The zero-order valence-electron chi connectivity index (χ0n) is 45.6. The number of halogens is 6. The highest BCUT2D eigenvalue weighted by Crippen LogP contribution is 2.47. The van der Waals surface area contributed by atoms with Crippen LogP contribution in [-0.4, -0.2) is 184 Å². The topological polar surface area (TPSA) is 348 Å². The number of hydrogen-bond donors (Lipinski definition) is 3. The first-order valence-electron chi connectivity index (χ1n) is 24.7.